The molecule has 1 aromatic heterocycles. The molecule has 4 rings (SSSR count). The van der Waals surface area contributed by atoms with Crippen LogP contribution >= 0.6 is 0 Å². The fourth-order valence-electron chi connectivity index (χ4n) is 3.51. The van der Waals surface area contributed by atoms with Gasteiger partial charge in [-0.1, -0.05) is 6.07 Å². The second-order valence-electron chi connectivity index (χ2n) is 6.59. The largest absolute Gasteiger partial charge is 0.493 e. The van der Waals surface area contributed by atoms with Crippen molar-refractivity contribution in [1.82, 2.24) is 9.29 Å². The third kappa shape index (κ3) is 3.03. The number of hydrogen-bond donors (Lipinski definition) is 0. The number of fused-ring (bicyclic) bond motifs is 1. The third-order valence-electron chi connectivity index (χ3n) is 4.88. The molecule has 0 amide bonds. The predicted molar refractivity (Wildman–Crippen MR) is 95.4 cm³/mol. The first kappa shape index (κ1) is 17.2. The summed E-state index contributed by atoms with van der Waals surface area (Å²) in [6, 6.07) is 9.58. The van der Waals surface area contributed by atoms with E-state index in [0.717, 1.165) is 17.7 Å². The minimum atomic E-state index is -3.57. The van der Waals surface area contributed by atoms with Crippen LogP contribution in [0.2, 0.25) is 0 Å². The van der Waals surface area contributed by atoms with Gasteiger partial charge in [-0.15, -0.1) is 0 Å². The number of halogens is 1. The molecule has 0 aliphatic carbocycles. The minimum Gasteiger partial charge on any atom is -0.493 e. The van der Waals surface area contributed by atoms with Crippen LogP contribution < -0.4 is 9.64 Å². The second-order valence-corrected chi connectivity index (χ2v) is 8.53. The summed E-state index contributed by atoms with van der Waals surface area (Å²) in [6.45, 7) is 3.64. The molecule has 2 aliphatic heterocycles. The van der Waals surface area contributed by atoms with Crippen molar-refractivity contribution in [3.8, 4) is 5.75 Å². The molecule has 8 heteroatoms. The molecule has 0 saturated carbocycles. The van der Waals surface area contributed by atoms with Crippen LogP contribution in [0.3, 0.4) is 0 Å². The molecule has 0 radical (unpaired) electrons. The van der Waals surface area contributed by atoms with Crippen LogP contribution in [0.25, 0.3) is 0 Å². The summed E-state index contributed by atoms with van der Waals surface area (Å²) < 4.78 is 46.4. The Morgan fingerprint density at radius 2 is 2.08 bits per heavy atom. The number of nitrogens with zero attached hydrogens (tertiary/aromatic N) is 3. The molecule has 0 bridgehead atoms. The van der Waals surface area contributed by atoms with E-state index in [0.29, 0.717) is 37.0 Å². The zero-order valence-electron chi connectivity index (χ0n) is 14.4. The summed E-state index contributed by atoms with van der Waals surface area (Å²) in [4.78, 5) is 6.14. The van der Waals surface area contributed by atoms with Gasteiger partial charge in [0.15, 0.2) is 0 Å². The van der Waals surface area contributed by atoms with Crippen molar-refractivity contribution >= 4 is 15.8 Å². The van der Waals surface area contributed by atoms with Crippen LogP contribution in [0, 0.1) is 5.95 Å². The third-order valence-corrected chi connectivity index (χ3v) is 6.74. The highest BCUT2D eigenvalue weighted by atomic mass is 32.2. The zero-order valence-corrected chi connectivity index (χ0v) is 15.2. The average Bonchev–Trinajstić information content (AvgIpc) is 3.09. The topological polar surface area (TPSA) is 62.7 Å². The summed E-state index contributed by atoms with van der Waals surface area (Å²) in [5.74, 6) is 0.758. The fourth-order valence-corrected chi connectivity index (χ4v) is 5.08. The van der Waals surface area contributed by atoms with Crippen LogP contribution in [0.5, 0.6) is 5.75 Å². The lowest BCUT2D eigenvalue weighted by molar-refractivity contribution is 0.340. The zero-order chi connectivity index (χ0) is 18.3. The monoisotopic (exact) mass is 377 g/mol. The van der Waals surface area contributed by atoms with Gasteiger partial charge in [-0.3, -0.25) is 0 Å². The molecule has 0 N–H and O–H groups in total. The Labute approximate surface area is 152 Å². The molecule has 1 saturated heterocycles. The van der Waals surface area contributed by atoms with Gasteiger partial charge in [-0.05, 0) is 42.8 Å². The quantitative estimate of drug-likeness (QED) is 0.766. The first-order valence-electron chi connectivity index (χ1n) is 8.60. The van der Waals surface area contributed by atoms with Crippen LogP contribution in [0.4, 0.5) is 10.2 Å². The summed E-state index contributed by atoms with van der Waals surface area (Å²) in [6.07, 6.45) is 0.730. The van der Waals surface area contributed by atoms with Gasteiger partial charge in [-0.2, -0.15) is 8.70 Å². The SMILES string of the molecule is CC1CN(S(=O)(=O)c2ccc3c(c2)CCO3)CCN1c1cccc(F)n1. The Morgan fingerprint density at radius 3 is 2.85 bits per heavy atom. The highest BCUT2D eigenvalue weighted by Gasteiger charge is 2.33. The van der Waals surface area contributed by atoms with E-state index in [1.165, 1.54) is 10.4 Å². The van der Waals surface area contributed by atoms with E-state index >= 15 is 0 Å². The molecule has 138 valence electrons. The van der Waals surface area contributed by atoms with E-state index in [2.05, 4.69) is 4.98 Å². The van der Waals surface area contributed by atoms with E-state index in [-0.39, 0.29) is 6.04 Å². The van der Waals surface area contributed by atoms with Crippen molar-refractivity contribution in [1.29, 1.82) is 0 Å². The maximum Gasteiger partial charge on any atom is 0.243 e. The fraction of sp³-hybridized carbons (Fsp3) is 0.389. The number of piperazine rings is 1. The Bertz CT molecular complexity index is 935. The average molecular weight is 377 g/mol. The van der Waals surface area contributed by atoms with Gasteiger partial charge in [0.25, 0.3) is 0 Å². The number of sulfonamides is 1. The highest BCUT2D eigenvalue weighted by molar-refractivity contribution is 7.89. The highest BCUT2D eigenvalue weighted by Crippen LogP contribution is 2.30. The van der Waals surface area contributed by atoms with E-state index in [1.54, 1.807) is 30.3 Å². The van der Waals surface area contributed by atoms with E-state index < -0.39 is 16.0 Å². The van der Waals surface area contributed by atoms with Gasteiger partial charge in [0.1, 0.15) is 11.6 Å². The molecule has 6 nitrogen and oxygen atoms in total. The van der Waals surface area contributed by atoms with Crippen LogP contribution in [-0.4, -0.2) is 50.0 Å². The van der Waals surface area contributed by atoms with Gasteiger partial charge >= 0.3 is 0 Å². The second kappa shape index (κ2) is 6.51. The normalized spacial score (nSPS) is 20.7. The number of ether oxygens (including phenoxy) is 1. The number of hydrogen-bond acceptors (Lipinski definition) is 5. The first-order chi connectivity index (χ1) is 12.4. The number of rotatable bonds is 3. The molecule has 26 heavy (non-hydrogen) atoms. The molecule has 1 aromatic carbocycles. The first-order valence-corrected chi connectivity index (χ1v) is 10.0. The Hall–Kier alpha value is -2.19. The standard InChI is InChI=1S/C18H20FN3O3S/c1-13-12-21(8-9-22(13)18-4-2-3-17(19)20-18)26(23,24)15-5-6-16-14(11-15)7-10-25-16/h2-6,11,13H,7-10,12H2,1H3. The maximum atomic E-state index is 13.4. The van der Waals surface area contributed by atoms with Crippen LogP contribution in [0.15, 0.2) is 41.3 Å². The number of benzene rings is 1. The Balaban J connectivity index is 1.54. The minimum absolute atomic E-state index is 0.106. The molecule has 2 aliphatic rings. The number of pyridine rings is 1. The van der Waals surface area contributed by atoms with Crippen molar-refractivity contribution < 1.29 is 17.5 Å². The summed E-state index contributed by atoms with van der Waals surface area (Å²) >= 11 is 0. The predicted octanol–water partition coefficient (Wildman–Crippen LogP) is 2.06. The molecule has 2 aromatic rings. The summed E-state index contributed by atoms with van der Waals surface area (Å²) in [5.41, 5.74) is 0.932. The molecule has 0 spiro atoms. The number of aromatic nitrogens is 1. The van der Waals surface area contributed by atoms with Crippen molar-refractivity contribution in [3.63, 3.8) is 0 Å². The number of anilines is 1. The van der Waals surface area contributed by atoms with Gasteiger partial charge in [-0.25, -0.2) is 13.4 Å². The lowest BCUT2D eigenvalue weighted by Crippen LogP contribution is -2.53. The van der Waals surface area contributed by atoms with Gasteiger partial charge < -0.3 is 9.64 Å². The Morgan fingerprint density at radius 1 is 1.23 bits per heavy atom. The molecular formula is C18H20FN3O3S. The molecular weight excluding hydrogens is 357 g/mol. The van der Waals surface area contributed by atoms with Gasteiger partial charge in [0, 0.05) is 32.1 Å². The Kier molecular flexibility index (Phi) is 4.32. The summed E-state index contributed by atoms with van der Waals surface area (Å²) in [7, 11) is -3.57. The van der Waals surface area contributed by atoms with Crippen molar-refractivity contribution in [3.05, 3.63) is 47.9 Å². The van der Waals surface area contributed by atoms with Gasteiger partial charge in [0.2, 0.25) is 16.0 Å². The molecule has 1 atom stereocenters. The lowest BCUT2D eigenvalue weighted by Gasteiger charge is -2.39. The van der Waals surface area contributed by atoms with E-state index in [9.17, 15) is 12.8 Å². The smallest absolute Gasteiger partial charge is 0.243 e. The van der Waals surface area contributed by atoms with Crippen molar-refractivity contribution in [2.45, 2.75) is 24.3 Å². The van der Waals surface area contributed by atoms with Crippen LogP contribution in [0.1, 0.15) is 12.5 Å². The molecule has 1 fully saturated rings. The van der Waals surface area contributed by atoms with Gasteiger partial charge in [0.05, 0.1) is 11.5 Å². The lowest BCUT2D eigenvalue weighted by atomic mass is 10.2. The van der Waals surface area contributed by atoms with E-state index in [1.807, 2.05) is 11.8 Å². The molecule has 1 unspecified atom stereocenters. The summed E-state index contributed by atoms with van der Waals surface area (Å²) in [5, 5.41) is 0. The van der Waals surface area contributed by atoms with Crippen molar-refractivity contribution in [2.24, 2.45) is 0 Å². The van der Waals surface area contributed by atoms with E-state index in [4.69, 9.17) is 4.74 Å². The van der Waals surface area contributed by atoms with Crippen LogP contribution in [-0.2, 0) is 16.4 Å². The molecule has 3 heterocycles. The van der Waals surface area contributed by atoms with Crippen molar-refractivity contribution in [2.75, 3.05) is 31.1 Å². The maximum absolute atomic E-state index is 13.4.